The van der Waals surface area contributed by atoms with E-state index in [0.29, 0.717) is 25.6 Å². The molecule has 1 aliphatic rings. The number of nitrogens with one attached hydrogen (secondary N) is 1. The number of methoxy groups -OCH3 is 1. The Hall–Kier alpha value is -0.120. The summed E-state index contributed by atoms with van der Waals surface area (Å²) in [5.74, 6) is 0.946. The summed E-state index contributed by atoms with van der Waals surface area (Å²) in [5, 5.41) is 13.7. The van der Waals surface area contributed by atoms with Gasteiger partial charge in [-0.05, 0) is 38.5 Å². The Bertz CT molecular complexity index is 211. The minimum absolute atomic E-state index is 0.604. The first-order valence-electron chi connectivity index (χ1n) is 7.52. The van der Waals surface area contributed by atoms with Crippen LogP contribution < -0.4 is 5.32 Å². The predicted octanol–water partition coefficient (Wildman–Crippen LogP) is 2.72. The van der Waals surface area contributed by atoms with Crippen molar-refractivity contribution in [3.63, 3.8) is 0 Å². The van der Waals surface area contributed by atoms with Crippen LogP contribution >= 0.6 is 0 Å². The van der Waals surface area contributed by atoms with Crippen molar-refractivity contribution in [3.8, 4) is 0 Å². The highest BCUT2D eigenvalue weighted by Gasteiger charge is 2.24. The molecule has 0 aliphatic heterocycles. The molecular weight excluding hydrogens is 226 g/mol. The fourth-order valence-corrected chi connectivity index (χ4v) is 2.84. The smallest absolute Gasteiger partial charge is 0.0765 e. The van der Waals surface area contributed by atoms with Gasteiger partial charge in [0.25, 0.3) is 0 Å². The van der Waals surface area contributed by atoms with Gasteiger partial charge in [-0.2, -0.15) is 0 Å². The highest BCUT2D eigenvalue weighted by Crippen LogP contribution is 2.27. The van der Waals surface area contributed by atoms with Gasteiger partial charge in [-0.15, -0.1) is 0 Å². The predicted molar refractivity (Wildman–Crippen MR) is 75.8 cm³/mol. The Labute approximate surface area is 112 Å². The van der Waals surface area contributed by atoms with E-state index in [4.69, 9.17) is 4.74 Å². The molecule has 0 aromatic rings. The zero-order valence-electron chi connectivity index (χ0n) is 12.4. The molecule has 2 N–H and O–H groups in total. The molecule has 1 aliphatic carbocycles. The third kappa shape index (κ3) is 6.17. The molecule has 1 fully saturated rings. The van der Waals surface area contributed by atoms with Gasteiger partial charge in [0, 0.05) is 32.7 Å². The second-order valence-corrected chi connectivity index (χ2v) is 6.13. The van der Waals surface area contributed by atoms with E-state index in [0.717, 1.165) is 5.92 Å². The van der Waals surface area contributed by atoms with Gasteiger partial charge in [0.05, 0.1) is 5.60 Å². The molecule has 3 heteroatoms. The molecule has 1 unspecified atom stereocenters. The standard InChI is InChI=1S/C15H31NO2/c1-4-5-13-6-8-14(9-7-13)16-12-15(2,17)10-11-18-3/h13-14,16-17H,4-12H2,1-3H3. The lowest BCUT2D eigenvalue weighted by Crippen LogP contribution is -2.44. The highest BCUT2D eigenvalue weighted by molar-refractivity contribution is 4.82. The van der Waals surface area contributed by atoms with Crippen LogP contribution in [-0.2, 0) is 4.74 Å². The van der Waals surface area contributed by atoms with Crippen LogP contribution in [0.5, 0.6) is 0 Å². The largest absolute Gasteiger partial charge is 0.389 e. The van der Waals surface area contributed by atoms with E-state index in [2.05, 4.69) is 12.2 Å². The van der Waals surface area contributed by atoms with Crippen LogP contribution in [0.1, 0.15) is 58.8 Å². The Kier molecular flexibility index (Phi) is 7.20. The second kappa shape index (κ2) is 8.13. The Balaban J connectivity index is 2.17. The minimum Gasteiger partial charge on any atom is -0.389 e. The van der Waals surface area contributed by atoms with Crippen LogP contribution in [0.4, 0.5) is 0 Å². The molecule has 108 valence electrons. The van der Waals surface area contributed by atoms with Crippen LogP contribution in [-0.4, -0.2) is 37.0 Å². The fourth-order valence-electron chi connectivity index (χ4n) is 2.84. The average molecular weight is 257 g/mol. The maximum Gasteiger partial charge on any atom is 0.0765 e. The molecule has 1 saturated carbocycles. The Morgan fingerprint density at radius 3 is 2.50 bits per heavy atom. The summed E-state index contributed by atoms with van der Waals surface area (Å²) in [5.41, 5.74) is -0.643. The van der Waals surface area contributed by atoms with Gasteiger partial charge in [0.15, 0.2) is 0 Å². The topological polar surface area (TPSA) is 41.5 Å². The zero-order valence-corrected chi connectivity index (χ0v) is 12.4. The molecule has 0 radical (unpaired) electrons. The van der Waals surface area contributed by atoms with Crippen molar-refractivity contribution < 1.29 is 9.84 Å². The number of rotatable bonds is 8. The van der Waals surface area contributed by atoms with Crippen molar-refractivity contribution in [2.75, 3.05) is 20.3 Å². The summed E-state index contributed by atoms with van der Waals surface area (Å²) in [6, 6.07) is 0.604. The van der Waals surface area contributed by atoms with Gasteiger partial charge in [0.2, 0.25) is 0 Å². The summed E-state index contributed by atoms with van der Waals surface area (Å²) >= 11 is 0. The zero-order chi connectivity index (χ0) is 13.4. The van der Waals surface area contributed by atoms with Crippen LogP contribution in [0.15, 0.2) is 0 Å². The number of aliphatic hydroxyl groups is 1. The van der Waals surface area contributed by atoms with Gasteiger partial charge in [-0.25, -0.2) is 0 Å². The molecule has 3 nitrogen and oxygen atoms in total. The van der Waals surface area contributed by atoms with Gasteiger partial charge in [-0.1, -0.05) is 19.8 Å². The molecule has 0 aromatic heterocycles. The summed E-state index contributed by atoms with van der Waals surface area (Å²) in [6.45, 7) is 5.47. The van der Waals surface area contributed by atoms with Crippen molar-refractivity contribution in [2.45, 2.75) is 70.4 Å². The van der Waals surface area contributed by atoms with Crippen molar-refractivity contribution >= 4 is 0 Å². The first-order chi connectivity index (χ1) is 8.57. The molecule has 0 amide bonds. The van der Waals surface area contributed by atoms with Crippen LogP contribution in [0.3, 0.4) is 0 Å². The molecule has 0 spiro atoms. The maximum absolute atomic E-state index is 10.2. The lowest BCUT2D eigenvalue weighted by atomic mass is 9.83. The molecule has 18 heavy (non-hydrogen) atoms. The maximum atomic E-state index is 10.2. The quantitative estimate of drug-likeness (QED) is 0.702. The molecule has 0 bridgehead atoms. The van der Waals surface area contributed by atoms with Crippen molar-refractivity contribution in [1.82, 2.24) is 5.32 Å². The second-order valence-electron chi connectivity index (χ2n) is 6.13. The number of ether oxygens (including phenoxy) is 1. The molecule has 1 rings (SSSR count). The van der Waals surface area contributed by atoms with Crippen LogP contribution in [0.25, 0.3) is 0 Å². The highest BCUT2D eigenvalue weighted by atomic mass is 16.5. The monoisotopic (exact) mass is 257 g/mol. The van der Waals surface area contributed by atoms with Crippen molar-refractivity contribution in [2.24, 2.45) is 5.92 Å². The number of hydrogen-bond donors (Lipinski definition) is 2. The molecule has 1 atom stereocenters. The molecule has 0 aromatic carbocycles. The Morgan fingerprint density at radius 1 is 1.28 bits per heavy atom. The third-order valence-electron chi connectivity index (χ3n) is 4.16. The third-order valence-corrected chi connectivity index (χ3v) is 4.16. The van der Waals surface area contributed by atoms with Gasteiger partial charge in [0.1, 0.15) is 0 Å². The number of hydrogen-bond acceptors (Lipinski definition) is 3. The van der Waals surface area contributed by atoms with Gasteiger partial charge >= 0.3 is 0 Å². The first kappa shape index (κ1) is 15.9. The SMILES string of the molecule is CCCC1CCC(NCC(C)(O)CCOC)CC1. The van der Waals surface area contributed by atoms with E-state index < -0.39 is 5.60 Å². The van der Waals surface area contributed by atoms with Gasteiger partial charge < -0.3 is 15.2 Å². The molecule has 0 saturated heterocycles. The minimum atomic E-state index is -0.643. The lowest BCUT2D eigenvalue weighted by molar-refractivity contribution is 0.0212. The van der Waals surface area contributed by atoms with Crippen LogP contribution in [0, 0.1) is 5.92 Å². The van der Waals surface area contributed by atoms with E-state index in [-0.39, 0.29) is 0 Å². The Morgan fingerprint density at radius 2 is 1.94 bits per heavy atom. The molecule has 0 heterocycles. The van der Waals surface area contributed by atoms with E-state index in [9.17, 15) is 5.11 Å². The fraction of sp³-hybridized carbons (Fsp3) is 1.00. The summed E-state index contributed by atoms with van der Waals surface area (Å²) in [7, 11) is 1.68. The summed E-state index contributed by atoms with van der Waals surface area (Å²) in [6.07, 6.45) is 8.64. The summed E-state index contributed by atoms with van der Waals surface area (Å²) < 4.78 is 5.02. The van der Waals surface area contributed by atoms with E-state index in [1.165, 1.54) is 38.5 Å². The van der Waals surface area contributed by atoms with Crippen LogP contribution in [0.2, 0.25) is 0 Å². The van der Waals surface area contributed by atoms with E-state index >= 15 is 0 Å². The average Bonchev–Trinajstić information content (AvgIpc) is 2.36. The van der Waals surface area contributed by atoms with Gasteiger partial charge in [-0.3, -0.25) is 0 Å². The molecular formula is C15H31NO2. The van der Waals surface area contributed by atoms with Crippen molar-refractivity contribution in [1.29, 1.82) is 0 Å². The lowest BCUT2D eigenvalue weighted by Gasteiger charge is -2.32. The van der Waals surface area contributed by atoms with E-state index in [1.807, 2.05) is 6.92 Å². The normalized spacial score (nSPS) is 28.0. The van der Waals surface area contributed by atoms with E-state index in [1.54, 1.807) is 7.11 Å². The summed E-state index contributed by atoms with van der Waals surface area (Å²) in [4.78, 5) is 0. The van der Waals surface area contributed by atoms with Crippen molar-refractivity contribution in [3.05, 3.63) is 0 Å². The first-order valence-corrected chi connectivity index (χ1v) is 7.52.